The van der Waals surface area contributed by atoms with Gasteiger partial charge in [-0.05, 0) is 35.9 Å². The predicted molar refractivity (Wildman–Crippen MR) is 87.0 cm³/mol. The van der Waals surface area contributed by atoms with Gasteiger partial charge in [0.1, 0.15) is 0 Å². The van der Waals surface area contributed by atoms with Crippen LogP contribution in [0.1, 0.15) is 11.1 Å². The molecule has 0 saturated carbocycles. The van der Waals surface area contributed by atoms with Gasteiger partial charge in [0.15, 0.2) is 5.84 Å². The summed E-state index contributed by atoms with van der Waals surface area (Å²) in [6.07, 6.45) is 0. The van der Waals surface area contributed by atoms with Crippen LogP contribution in [-0.2, 0) is 6.54 Å². The number of benzene rings is 2. The molecule has 4 N–H and O–H groups in total. The third-order valence-corrected chi connectivity index (χ3v) is 3.21. The molecule has 0 fully saturated rings. The summed E-state index contributed by atoms with van der Waals surface area (Å²) in [5, 5.41) is 15.1. The Bertz CT molecular complexity index is 620. The highest BCUT2D eigenvalue weighted by atomic mass is 16.4. The van der Waals surface area contributed by atoms with E-state index >= 15 is 0 Å². The lowest BCUT2D eigenvalue weighted by Gasteiger charge is -2.13. The minimum atomic E-state index is 0.118. The number of amidine groups is 1. The summed E-state index contributed by atoms with van der Waals surface area (Å²) in [6.45, 7) is 0.674. The molecule has 0 amide bonds. The van der Waals surface area contributed by atoms with Gasteiger partial charge in [0.2, 0.25) is 0 Å². The van der Waals surface area contributed by atoms with Crippen molar-refractivity contribution >= 4 is 17.2 Å². The Morgan fingerprint density at radius 3 is 2.52 bits per heavy atom. The third-order valence-electron chi connectivity index (χ3n) is 3.21. The fourth-order valence-electron chi connectivity index (χ4n) is 1.98. The molecule has 2 aromatic rings. The number of nitrogens with one attached hydrogen (secondary N) is 1. The largest absolute Gasteiger partial charge is 0.409 e. The summed E-state index contributed by atoms with van der Waals surface area (Å²) in [5.41, 5.74) is 9.58. The number of rotatable bonds is 5. The number of nitrogens with two attached hydrogens (primary N) is 1. The van der Waals surface area contributed by atoms with E-state index in [1.165, 1.54) is 0 Å². The van der Waals surface area contributed by atoms with E-state index in [1.807, 2.05) is 50.5 Å². The van der Waals surface area contributed by atoms with E-state index in [4.69, 9.17) is 10.9 Å². The first kappa shape index (κ1) is 14.7. The number of oxime groups is 1. The molecule has 0 aromatic heterocycles. The summed E-state index contributed by atoms with van der Waals surface area (Å²) in [4.78, 5) is 2.06. The highest BCUT2D eigenvalue weighted by Crippen LogP contribution is 2.16. The van der Waals surface area contributed by atoms with E-state index in [-0.39, 0.29) is 5.84 Å². The molecule has 5 heteroatoms. The lowest BCUT2D eigenvalue weighted by atomic mass is 10.1. The van der Waals surface area contributed by atoms with Crippen LogP contribution < -0.4 is 16.0 Å². The zero-order chi connectivity index (χ0) is 15.2. The highest BCUT2D eigenvalue weighted by molar-refractivity contribution is 5.97. The van der Waals surface area contributed by atoms with Gasteiger partial charge in [0, 0.05) is 37.6 Å². The summed E-state index contributed by atoms with van der Waals surface area (Å²) in [5.74, 6) is 0.118. The molecule has 21 heavy (non-hydrogen) atoms. The van der Waals surface area contributed by atoms with Crippen molar-refractivity contribution in [1.29, 1.82) is 0 Å². The van der Waals surface area contributed by atoms with E-state index in [0.29, 0.717) is 12.1 Å². The third kappa shape index (κ3) is 3.89. The Morgan fingerprint density at radius 2 is 1.90 bits per heavy atom. The van der Waals surface area contributed by atoms with Crippen molar-refractivity contribution in [3.63, 3.8) is 0 Å². The van der Waals surface area contributed by atoms with Crippen LogP contribution in [-0.4, -0.2) is 25.1 Å². The lowest BCUT2D eigenvalue weighted by molar-refractivity contribution is 0.318. The Morgan fingerprint density at radius 1 is 1.19 bits per heavy atom. The highest BCUT2D eigenvalue weighted by Gasteiger charge is 2.01. The molecule has 2 aromatic carbocycles. The minimum Gasteiger partial charge on any atom is -0.409 e. The minimum absolute atomic E-state index is 0.118. The molecule has 0 spiro atoms. The molecule has 0 radical (unpaired) electrons. The van der Waals surface area contributed by atoms with Gasteiger partial charge in [-0.3, -0.25) is 0 Å². The van der Waals surface area contributed by atoms with Crippen LogP contribution in [0.5, 0.6) is 0 Å². The van der Waals surface area contributed by atoms with E-state index in [9.17, 15) is 0 Å². The molecule has 0 heterocycles. The fraction of sp³-hybridized carbons (Fsp3) is 0.188. The van der Waals surface area contributed by atoms with Crippen LogP contribution in [0.4, 0.5) is 11.4 Å². The second kappa shape index (κ2) is 6.65. The Balaban J connectivity index is 2.03. The van der Waals surface area contributed by atoms with Gasteiger partial charge in [-0.15, -0.1) is 0 Å². The van der Waals surface area contributed by atoms with Crippen molar-refractivity contribution in [2.45, 2.75) is 6.54 Å². The number of nitrogens with zero attached hydrogens (tertiary/aromatic N) is 2. The first-order chi connectivity index (χ1) is 10.1. The van der Waals surface area contributed by atoms with Crippen LogP contribution >= 0.6 is 0 Å². The summed E-state index contributed by atoms with van der Waals surface area (Å²) in [6, 6.07) is 15.8. The van der Waals surface area contributed by atoms with Crippen LogP contribution in [0.25, 0.3) is 0 Å². The molecule has 0 aliphatic rings. The van der Waals surface area contributed by atoms with E-state index in [1.54, 1.807) is 0 Å². The second-order valence-corrected chi connectivity index (χ2v) is 4.98. The van der Waals surface area contributed by atoms with Crippen molar-refractivity contribution in [2.24, 2.45) is 10.9 Å². The lowest BCUT2D eigenvalue weighted by Crippen LogP contribution is -2.13. The monoisotopic (exact) mass is 284 g/mol. The maximum Gasteiger partial charge on any atom is 0.170 e. The Labute approximate surface area is 124 Å². The fourth-order valence-corrected chi connectivity index (χ4v) is 1.98. The average Bonchev–Trinajstić information content (AvgIpc) is 2.52. The molecule has 0 unspecified atom stereocenters. The molecule has 0 atom stereocenters. The summed E-state index contributed by atoms with van der Waals surface area (Å²) < 4.78 is 0. The molecule has 0 saturated heterocycles. The van der Waals surface area contributed by atoms with Gasteiger partial charge in [0.05, 0.1) is 0 Å². The van der Waals surface area contributed by atoms with Crippen molar-refractivity contribution in [3.05, 3.63) is 59.7 Å². The smallest absolute Gasteiger partial charge is 0.170 e. The first-order valence-corrected chi connectivity index (χ1v) is 6.68. The van der Waals surface area contributed by atoms with Gasteiger partial charge in [-0.1, -0.05) is 23.4 Å². The van der Waals surface area contributed by atoms with Gasteiger partial charge in [0.25, 0.3) is 0 Å². The van der Waals surface area contributed by atoms with Crippen LogP contribution in [0.3, 0.4) is 0 Å². The van der Waals surface area contributed by atoms with Crippen molar-refractivity contribution in [3.8, 4) is 0 Å². The molecule has 5 nitrogen and oxygen atoms in total. The standard InChI is InChI=1S/C16H20N4O/c1-20(2)15-8-6-14(7-9-15)18-11-12-4-3-5-13(10-12)16(17)19-21/h3-10,18,21H,11H2,1-2H3,(H2,17,19). The zero-order valence-corrected chi connectivity index (χ0v) is 12.2. The van der Waals surface area contributed by atoms with E-state index in [2.05, 4.69) is 27.5 Å². The van der Waals surface area contributed by atoms with Gasteiger partial charge in [-0.2, -0.15) is 0 Å². The van der Waals surface area contributed by atoms with E-state index < -0.39 is 0 Å². The van der Waals surface area contributed by atoms with Gasteiger partial charge in [-0.25, -0.2) is 0 Å². The number of hydrogen-bond donors (Lipinski definition) is 3. The molecule has 0 aliphatic carbocycles. The molecule has 110 valence electrons. The van der Waals surface area contributed by atoms with Gasteiger partial charge >= 0.3 is 0 Å². The summed E-state index contributed by atoms with van der Waals surface area (Å²) >= 11 is 0. The number of anilines is 2. The number of hydrogen-bond acceptors (Lipinski definition) is 4. The second-order valence-electron chi connectivity index (χ2n) is 4.98. The predicted octanol–water partition coefficient (Wildman–Crippen LogP) is 2.46. The maximum absolute atomic E-state index is 8.70. The maximum atomic E-state index is 8.70. The van der Waals surface area contributed by atoms with Gasteiger partial charge < -0.3 is 21.2 Å². The van der Waals surface area contributed by atoms with Crippen LogP contribution in [0.15, 0.2) is 53.7 Å². The average molecular weight is 284 g/mol. The zero-order valence-electron chi connectivity index (χ0n) is 12.2. The molecular formula is C16H20N4O. The molecular weight excluding hydrogens is 264 g/mol. The quantitative estimate of drug-likeness (QED) is 0.341. The SMILES string of the molecule is CN(C)c1ccc(NCc2cccc(C(N)=NO)c2)cc1. The molecule has 0 bridgehead atoms. The normalized spacial score (nSPS) is 11.2. The van der Waals surface area contributed by atoms with Crippen LogP contribution in [0.2, 0.25) is 0 Å². The van der Waals surface area contributed by atoms with Crippen molar-refractivity contribution in [1.82, 2.24) is 0 Å². The van der Waals surface area contributed by atoms with Crippen molar-refractivity contribution < 1.29 is 5.21 Å². The Kier molecular flexibility index (Phi) is 4.66. The first-order valence-electron chi connectivity index (χ1n) is 6.68. The summed E-state index contributed by atoms with van der Waals surface area (Å²) in [7, 11) is 4.03. The van der Waals surface area contributed by atoms with Crippen LogP contribution in [0, 0.1) is 0 Å². The van der Waals surface area contributed by atoms with Crippen molar-refractivity contribution in [2.75, 3.05) is 24.3 Å². The molecule has 2 rings (SSSR count). The Hall–Kier alpha value is -2.69. The van der Waals surface area contributed by atoms with E-state index in [0.717, 1.165) is 16.9 Å². The molecule has 0 aliphatic heterocycles. The topological polar surface area (TPSA) is 73.9 Å².